The number of nitrogens with one attached hydrogen (secondary N) is 1. The molecule has 0 radical (unpaired) electrons. The van der Waals surface area contributed by atoms with E-state index < -0.39 is 0 Å². The Hall–Kier alpha value is -3.15. The van der Waals surface area contributed by atoms with E-state index in [0.29, 0.717) is 19.8 Å². The fourth-order valence-electron chi connectivity index (χ4n) is 3.21. The van der Waals surface area contributed by atoms with Gasteiger partial charge in [-0.15, -0.1) is 0 Å². The largest absolute Gasteiger partial charge is 0.494 e. The van der Waals surface area contributed by atoms with Crippen molar-refractivity contribution in [2.45, 2.75) is 19.6 Å². The Labute approximate surface area is 164 Å². The molecule has 0 spiro atoms. The van der Waals surface area contributed by atoms with Crippen molar-refractivity contribution in [2.24, 2.45) is 0 Å². The molecule has 2 aromatic carbocycles. The van der Waals surface area contributed by atoms with E-state index in [1.165, 1.54) is 11.8 Å². The average Bonchev–Trinajstić information content (AvgIpc) is 3.10. The average molecular weight is 380 g/mol. The van der Waals surface area contributed by atoms with E-state index >= 15 is 0 Å². The van der Waals surface area contributed by atoms with Crippen LogP contribution in [-0.2, 0) is 16.1 Å². The molecule has 1 fully saturated rings. The highest BCUT2D eigenvalue weighted by Gasteiger charge is 2.28. The van der Waals surface area contributed by atoms with Gasteiger partial charge in [0.1, 0.15) is 24.2 Å². The van der Waals surface area contributed by atoms with E-state index in [-0.39, 0.29) is 12.1 Å². The van der Waals surface area contributed by atoms with Crippen molar-refractivity contribution < 1.29 is 19.0 Å². The molecule has 6 heteroatoms. The number of carbonyl (C=O) groups excluding carboxylic acids is 1. The van der Waals surface area contributed by atoms with E-state index in [0.717, 1.165) is 35.8 Å². The number of benzene rings is 2. The Morgan fingerprint density at radius 1 is 1.07 bits per heavy atom. The lowest BCUT2D eigenvalue weighted by atomic mass is 10.1. The topological polar surface area (TPSA) is 60.0 Å². The van der Waals surface area contributed by atoms with Crippen LogP contribution in [0.5, 0.6) is 11.5 Å². The Kier molecular flexibility index (Phi) is 5.37. The molecule has 0 amide bonds. The molecule has 6 nitrogen and oxygen atoms in total. The first-order valence-electron chi connectivity index (χ1n) is 9.54. The van der Waals surface area contributed by atoms with Gasteiger partial charge in [-0.25, -0.2) is 4.79 Å². The number of rotatable bonds is 8. The molecular formula is C22H24N2O4. The molecule has 0 aromatic heterocycles. The maximum atomic E-state index is 11.0. The Balaban J connectivity index is 1.23. The highest BCUT2D eigenvalue weighted by atomic mass is 16.5. The minimum absolute atomic E-state index is 0.200. The van der Waals surface area contributed by atoms with Gasteiger partial charge < -0.3 is 24.4 Å². The van der Waals surface area contributed by atoms with E-state index in [9.17, 15) is 4.79 Å². The highest BCUT2D eigenvalue weighted by Crippen LogP contribution is 2.25. The maximum Gasteiger partial charge on any atom is 0.333 e. The van der Waals surface area contributed by atoms with E-state index in [1.807, 2.05) is 31.2 Å². The quantitative estimate of drug-likeness (QED) is 0.711. The predicted molar refractivity (Wildman–Crippen MR) is 107 cm³/mol. The van der Waals surface area contributed by atoms with Gasteiger partial charge in [-0.3, -0.25) is 0 Å². The second-order valence-corrected chi connectivity index (χ2v) is 6.85. The minimum Gasteiger partial charge on any atom is -0.494 e. The summed E-state index contributed by atoms with van der Waals surface area (Å²) in [5.41, 5.74) is 3.17. The first-order chi connectivity index (χ1) is 13.7. The van der Waals surface area contributed by atoms with Crippen LogP contribution in [0, 0.1) is 0 Å². The Morgan fingerprint density at radius 2 is 1.79 bits per heavy atom. The molecule has 4 rings (SSSR count). The predicted octanol–water partition coefficient (Wildman–Crippen LogP) is 2.88. The van der Waals surface area contributed by atoms with Gasteiger partial charge in [0.25, 0.3) is 0 Å². The zero-order valence-electron chi connectivity index (χ0n) is 15.9. The van der Waals surface area contributed by atoms with E-state index in [2.05, 4.69) is 34.5 Å². The van der Waals surface area contributed by atoms with Gasteiger partial charge in [-0.05, 0) is 48.9 Å². The van der Waals surface area contributed by atoms with Crippen LogP contribution in [0.25, 0.3) is 0 Å². The molecule has 1 saturated heterocycles. The molecule has 2 aromatic rings. The molecule has 146 valence electrons. The summed E-state index contributed by atoms with van der Waals surface area (Å²) in [6, 6.07) is 16.2. The summed E-state index contributed by atoms with van der Waals surface area (Å²) in [6.45, 7) is 5.39. The zero-order chi connectivity index (χ0) is 19.3. The molecule has 28 heavy (non-hydrogen) atoms. The minimum atomic E-state index is -0.280. The summed E-state index contributed by atoms with van der Waals surface area (Å²) in [6.07, 6.45) is 1.70. The van der Waals surface area contributed by atoms with Gasteiger partial charge in [0.15, 0.2) is 0 Å². The molecule has 0 unspecified atom stereocenters. The third-order valence-corrected chi connectivity index (χ3v) is 4.77. The van der Waals surface area contributed by atoms with Gasteiger partial charge in [0, 0.05) is 18.3 Å². The lowest BCUT2D eigenvalue weighted by Gasteiger charge is -2.40. The van der Waals surface area contributed by atoms with Gasteiger partial charge in [-0.1, -0.05) is 12.1 Å². The monoisotopic (exact) mass is 380 g/mol. The van der Waals surface area contributed by atoms with Crippen LogP contribution in [0.15, 0.2) is 60.3 Å². The second-order valence-electron chi connectivity index (χ2n) is 6.85. The molecular weight excluding hydrogens is 356 g/mol. The van der Waals surface area contributed by atoms with Crippen molar-refractivity contribution in [3.63, 3.8) is 0 Å². The van der Waals surface area contributed by atoms with Crippen LogP contribution in [0.1, 0.15) is 12.5 Å². The number of hydrogen-bond donors (Lipinski definition) is 1. The highest BCUT2D eigenvalue weighted by molar-refractivity contribution is 5.85. The van der Waals surface area contributed by atoms with Gasteiger partial charge in [-0.2, -0.15) is 0 Å². The van der Waals surface area contributed by atoms with Crippen molar-refractivity contribution in [3.05, 3.63) is 65.9 Å². The number of cyclic esters (lactones) is 1. The standard InChI is InChI=1S/C22H24N2O4/c1-2-26-19-7-9-20(10-8-19)28-21-13-24(14-21)18-5-3-16(4-6-18)12-23-17-11-22(25)27-15-17/h3-11,21,23H,2,12-15H2,1H3. The lowest BCUT2D eigenvalue weighted by Crippen LogP contribution is -2.54. The number of carbonyl (C=O) groups is 1. The van der Waals surface area contributed by atoms with Crippen LogP contribution >= 0.6 is 0 Å². The van der Waals surface area contributed by atoms with Crippen molar-refractivity contribution in [1.29, 1.82) is 0 Å². The van der Waals surface area contributed by atoms with Crippen LogP contribution in [0.2, 0.25) is 0 Å². The summed E-state index contributed by atoms with van der Waals surface area (Å²) >= 11 is 0. The number of ether oxygens (including phenoxy) is 3. The van der Waals surface area contributed by atoms with Crippen molar-refractivity contribution >= 4 is 11.7 Å². The number of esters is 1. The van der Waals surface area contributed by atoms with E-state index in [4.69, 9.17) is 14.2 Å². The molecule has 0 saturated carbocycles. The summed E-state index contributed by atoms with van der Waals surface area (Å²) < 4.78 is 16.3. The molecule has 1 N–H and O–H groups in total. The maximum absolute atomic E-state index is 11.0. The summed E-state index contributed by atoms with van der Waals surface area (Å²) in [4.78, 5) is 13.3. The Morgan fingerprint density at radius 3 is 2.43 bits per heavy atom. The van der Waals surface area contributed by atoms with Crippen molar-refractivity contribution in [1.82, 2.24) is 5.32 Å². The first kappa shape index (κ1) is 18.2. The third kappa shape index (κ3) is 4.39. The molecule has 0 atom stereocenters. The summed E-state index contributed by atoms with van der Waals surface area (Å²) in [5, 5.41) is 3.22. The molecule has 0 aliphatic carbocycles. The summed E-state index contributed by atoms with van der Waals surface area (Å²) in [5.74, 6) is 1.46. The van der Waals surface area contributed by atoms with Crippen molar-refractivity contribution in [2.75, 3.05) is 31.2 Å². The zero-order valence-corrected chi connectivity index (χ0v) is 15.9. The lowest BCUT2D eigenvalue weighted by molar-refractivity contribution is -0.134. The Bertz CT molecular complexity index is 840. The fraction of sp³-hybridized carbons (Fsp3) is 0.318. The second kappa shape index (κ2) is 8.25. The van der Waals surface area contributed by atoms with Crippen LogP contribution in [0.3, 0.4) is 0 Å². The summed E-state index contributed by atoms with van der Waals surface area (Å²) in [7, 11) is 0. The molecule has 0 bridgehead atoms. The SMILES string of the molecule is CCOc1ccc(OC2CN(c3ccc(CNC4=CC(=O)OC4)cc3)C2)cc1. The van der Waals surface area contributed by atoms with E-state index in [1.54, 1.807) is 0 Å². The molecule has 2 heterocycles. The van der Waals surface area contributed by atoms with Gasteiger partial charge in [0.05, 0.1) is 25.4 Å². The molecule has 2 aliphatic rings. The van der Waals surface area contributed by atoms with Gasteiger partial charge in [0.2, 0.25) is 0 Å². The number of nitrogens with zero attached hydrogens (tertiary/aromatic N) is 1. The fourth-order valence-corrected chi connectivity index (χ4v) is 3.21. The van der Waals surface area contributed by atoms with Gasteiger partial charge >= 0.3 is 5.97 Å². The van der Waals surface area contributed by atoms with Crippen LogP contribution in [-0.4, -0.2) is 38.4 Å². The van der Waals surface area contributed by atoms with Crippen LogP contribution in [0.4, 0.5) is 5.69 Å². The number of hydrogen-bond acceptors (Lipinski definition) is 6. The molecule has 2 aliphatic heterocycles. The van der Waals surface area contributed by atoms with Crippen molar-refractivity contribution in [3.8, 4) is 11.5 Å². The normalized spacial score (nSPS) is 16.2. The van der Waals surface area contributed by atoms with Crippen LogP contribution < -0.4 is 19.7 Å². The smallest absolute Gasteiger partial charge is 0.333 e. The first-order valence-corrected chi connectivity index (χ1v) is 9.54. The number of anilines is 1. The third-order valence-electron chi connectivity index (χ3n) is 4.77.